The average molecular weight is 384 g/mol. The van der Waals surface area contributed by atoms with E-state index in [0.29, 0.717) is 10.9 Å². The van der Waals surface area contributed by atoms with E-state index in [2.05, 4.69) is 24.3 Å². The standard InChI is InChI=1S/C23H26ClNO2/c24-20-9-11-21(12-10-20)25(23(27)17-6-7-17)22-13-8-18(14-19(22)15-26)16-4-2-1-3-5-16/h1-5,9-12,17-19,22,26H,6-8,13-15H2/t18-,19?,22?/m0/s1. The number of carbonyl (C=O) groups excluding carboxylic acids is 1. The fraction of sp³-hybridized carbons (Fsp3) is 0.435. The Kier molecular flexibility index (Phi) is 5.51. The van der Waals surface area contributed by atoms with Crippen LogP contribution in [0.1, 0.15) is 43.6 Å². The summed E-state index contributed by atoms with van der Waals surface area (Å²) in [5.74, 6) is 0.885. The lowest BCUT2D eigenvalue weighted by molar-refractivity contribution is -0.120. The van der Waals surface area contributed by atoms with Gasteiger partial charge in [-0.05, 0) is 67.9 Å². The van der Waals surface area contributed by atoms with Crippen LogP contribution in [0.5, 0.6) is 0 Å². The van der Waals surface area contributed by atoms with Gasteiger partial charge >= 0.3 is 0 Å². The van der Waals surface area contributed by atoms with Gasteiger partial charge in [0.15, 0.2) is 0 Å². The normalized spacial score (nSPS) is 25.2. The Morgan fingerprint density at radius 2 is 1.70 bits per heavy atom. The fourth-order valence-corrected chi connectivity index (χ4v) is 4.55. The van der Waals surface area contributed by atoms with E-state index < -0.39 is 0 Å². The van der Waals surface area contributed by atoms with Crippen LogP contribution in [0.4, 0.5) is 5.69 Å². The van der Waals surface area contributed by atoms with E-state index in [1.54, 1.807) is 0 Å². The molecule has 0 aromatic heterocycles. The van der Waals surface area contributed by atoms with Gasteiger partial charge in [0.25, 0.3) is 0 Å². The summed E-state index contributed by atoms with van der Waals surface area (Å²) in [6.07, 6.45) is 4.81. The van der Waals surface area contributed by atoms with Crippen molar-refractivity contribution in [3.63, 3.8) is 0 Å². The summed E-state index contributed by atoms with van der Waals surface area (Å²) >= 11 is 6.06. The van der Waals surface area contributed by atoms with Gasteiger partial charge in [-0.3, -0.25) is 4.79 Å². The van der Waals surface area contributed by atoms with Crippen molar-refractivity contribution in [2.24, 2.45) is 11.8 Å². The summed E-state index contributed by atoms with van der Waals surface area (Å²) in [5, 5.41) is 10.8. The minimum absolute atomic E-state index is 0.0456. The third-order valence-electron chi connectivity index (χ3n) is 6.05. The highest BCUT2D eigenvalue weighted by atomic mass is 35.5. The Morgan fingerprint density at radius 3 is 2.33 bits per heavy atom. The summed E-state index contributed by atoms with van der Waals surface area (Å²) < 4.78 is 0. The Labute approximate surface area is 166 Å². The van der Waals surface area contributed by atoms with Crippen LogP contribution in [0.15, 0.2) is 54.6 Å². The van der Waals surface area contributed by atoms with E-state index in [1.807, 2.05) is 35.2 Å². The summed E-state index contributed by atoms with van der Waals surface area (Å²) in [7, 11) is 0. The number of anilines is 1. The molecule has 2 saturated carbocycles. The van der Waals surface area contributed by atoms with Crippen molar-refractivity contribution in [3.05, 3.63) is 65.2 Å². The fourth-order valence-electron chi connectivity index (χ4n) is 4.42. The highest BCUT2D eigenvalue weighted by Crippen LogP contribution is 2.42. The second-order valence-electron chi connectivity index (χ2n) is 7.89. The largest absolute Gasteiger partial charge is 0.396 e. The van der Waals surface area contributed by atoms with Gasteiger partial charge in [0, 0.05) is 35.2 Å². The molecule has 0 bridgehead atoms. The lowest BCUT2D eigenvalue weighted by Crippen LogP contribution is -2.49. The third-order valence-corrected chi connectivity index (χ3v) is 6.30. The molecule has 4 heteroatoms. The summed E-state index contributed by atoms with van der Waals surface area (Å²) in [5.41, 5.74) is 2.24. The maximum Gasteiger partial charge on any atom is 0.230 e. The maximum atomic E-state index is 13.1. The van der Waals surface area contributed by atoms with Crippen LogP contribution >= 0.6 is 11.6 Å². The summed E-state index contributed by atoms with van der Waals surface area (Å²) in [4.78, 5) is 15.1. The molecule has 142 valence electrons. The van der Waals surface area contributed by atoms with Crippen LogP contribution in [0, 0.1) is 11.8 Å². The SMILES string of the molecule is O=C(C1CC1)N(c1ccc(Cl)cc1)C1CC[C@H](c2ccccc2)CC1CO. The van der Waals surface area contributed by atoms with Crippen molar-refractivity contribution in [3.8, 4) is 0 Å². The zero-order chi connectivity index (χ0) is 18.8. The van der Waals surface area contributed by atoms with Crippen LogP contribution in [0.2, 0.25) is 5.02 Å². The van der Waals surface area contributed by atoms with E-state index in [4.69, 9.17) is 11.6 Å². The van der Waals surface area contributed by atoms with Crippen molar-refractivity contribution < 1.29 is 9.90 Å². The molecule has 3 atom stereocenters. The van der Waals surface area contributed by atoms with E-state index in [0.717, 1.165) is 37.8 Å². The number of halogens is 1. The van der Waals surface area contributed by atoms with Gasteiger partial charge in [-0.25, -0.2) is 0 Å². The molecule has 0 saturated heterocycles. The van der Waals surface area contributed by atoms with Crippen LogP contribution in [0.3, 0.4) is 0 Å². The lowest BCUT2D eigenvalue weighted by atomic mass is 9.74. The molecule has 1 amide bonds. The van der Waals surface area contributed by atoms with Crippen LogP contribution in [0.25, 0.3) is 0 Å². The van der Waals surface area contributed by atoms with Gasteiger partial charge < -0.3 is 10.0 Å². The number of aliphatic hydroxyl groups excluding tert-OH is 1. The molecule has 4 rings (SSSR count). The van der Waals surface area contributed by atoms with Gasteiger partial charge in [0.1, 0.15) is 0 Å². The van der Waals surface area contributed by atoms with Crippen LogP contribution in [-0.2, 0) is 4.79 Å². The second-order valence-corrected chi connectivity index (χ2v) is 8.33. The van der Waals surface area contributed by atoms with Crippen LogP contribution in [-0.4, -0.2) is 23.7 Å². The van der Waals surface area contributed by atoms with Crippen molar-refractivity contribution in [2.45, 2.75) is 44.1 Å². The lowest BCUT2D eigenvalue weighted by Gasteiger charge is -2.42. The predicted octanol–water partition coefficient (Wildman–Crippen LogP) is 5.03. The number of rotatable bonds is 5. The van der Waals surface area contributed by atoms with E-state index in [-0.39, 0.29) is 30.4 Å². The van der Waals surface area contributed by atoms with Gasteiger partial charge in [-0.15, -0.1) is 0 Å². The first kappa shape index (κ1) is 18.5. The number of benzene rings is 2. The molecular formula is C23H26ClNO2. The van der Waals surface area contributed by atoms with Gasteiger partial charge in [-0.1, -0.05) is 41.9 Å². The Hall–Kier alpha value is -1.84. The molecule has 2 aromatic rings. The predicted molar refractivity (Wildman–Crippen MR) is 109 cm³/mol. The zero-order valence-corrected chi connectivity index (χ0v) is 16.2. The quantitative estimate of drug-likeness (QED) is 0.786. The number of amides is 1. The zero-order valence-electron chi connectivity index (χ0n) is 15.4. The maximum absolute atomic E-state index is 13.1. The first-order chi connectivity index (χ1) is 13.2. The molecule has 0 spiro atoms. The molecule has 0 aliphatic heterocycles. The summed E-state index contributed by atoms with van der Waals surface area (Å²) in [6, 6.07) is 18.1. The number of hydrogen-bond donors (Lipinski definition) is 1. The van der Waals surface area contributed by atoms with Crippen molar-refractivity contribution in [2.75, 3.05) is 11.5 Å². The topological polar surface area (TPSA) is 40.5 Å². The molecule has 2 aliphatic rings. The first-order valence-electron chi connectivity index (χ1n) is 9.92. The smallest absolute Gasteiger partial charge is 0.230 e. The van der Waals surface area contributed by atoms with Gasteiger partial charge in [-0.2, -0.15) is 0 Å². The van der Waals surface area contributed by atoms with Crippen molar-refractivity contribution >= 4 is 23.2 Å². The highest BCUT2D eigenvalue weighted by molar-refractivity contribution is 6.30. The second kappa shape index (κ2) is 8.04. The van der Waals surface area contributed by atoms with E-state index in [9.17, 15) is 9.90 Å². The molecule has 1 N–H and O–H groups in total. The van der Waals surface area contributed by atoms with E-state index in [1.165, 1.54) is 5.56 Å². The Bertz CT molecular complexity index is 773. The Morgan fingerprint density at radius 1 is 1.00 bits per heavy atom. The summed E-state index contributed by atoms with van der Waals surface area (Å²) in [6.45, 7) is 0.107. The number of carbonyl (C=O) groups is 1. The molecule has 2 aromatic carbocycles. The molecule has 2 fully saturated rings. The number of aliphatic hydroxyl groups is 1. The van der Waals surface area contributed by atoms with Crippen molar-refractivity contribution in [1.29, 1.82) is 0 Å². The molecule has 2 unspecified atom stereocenters. The molecular weight excluding hydrogens is 358 g/mol. The molecule has 2 aliphatic carbocycles. The molecule has 0 heterocycles. The minimum Gasteiger partial charge on any atom is -0.396 e. The van der Waals surface area contributed by atoms with Crippen molar-refractivity contribution in [1.82, 2.24) is 0 Å². The first-order valence-corrected chi connectivity index (χ1v) is 10.3. The third kappa shape index (κ3) is 4.04. The minimum atomic E-state index is 0.0456. The van der Waals surface area contributed by atoms with Crippen LogP contribution < -0.4 is 4.90 Å². The average Bonchev–Trinajstić information content (AvgIpc) is 3.56. The highest BCUT2D eigenvalue weighted by Gasteiger charge is 2.41. The van der Waals surface area contributed by atoms with Gasteiger partial charge in [0.2, 0.25) is 5.91 Å². The Balaban J connectivity index is 1.59. The number of hydrogen-bond acceptors (Lipinski definition) is 2. The monoisotopic (exact) mass is 383 g/mol. The van der Waals surface area contributed by atoms with Gasteiger partial charge in [0.05, 0.1) is 0 Å². The molecule has 27 heavy (non-hydrogen) atoms. The van der Waals surface area contributed by atoms with E-state index >= 15 is 0 Å². The number of nitrogens with zero attached hydrogens (tertiary/aromatic N) is 1. The molecule has 0 radical (unpaired) electrons. The molecule has 3 nitrogen and oxygen atoms in total.